The van der Waals surface area contributed by atoms with Crippen LogP contribution >= 0.6 is 15.9 Å². The molecule has 0 saturated heterocycles. The van der Waals surface area contributed by atoms with E-state index >= 15 is 0 Å². The van der Waals surface area contributed by atoms with Crippen molar-refractivity contribution in [2.24, 2.45) is 0 Å². The number of methoxy groups -OCH3 is 1. The summed E-state index contributed by atoms with van der Waals surface area (Å²) in [4.78, 5) is 22.7. The van der Waals surface area contributed by atoms with Crippen LogP contribution in [-0.2, 0) is 14.3 Å². The first kappa shape index (κ1) is 13.9. The Hall–Kier alpha value is -1.56. The molecule has 6 heteroatoms. The van der Waals surface area contributed by atoms with Gasteiger partial charge in [0.25, 0.3) is 0 Å². The van der Waals surface area contributed by atoms with E-state index in [1.807, 2.05) is 24.3 Å². The van der Waals surface area contributed by atoms with Gasteiger partial charge in [0.05, 0.1) is 7.11 Å². The fourth-order valence-electron chi connectivity index (χ4n) is 1.90. The van der Waals surface area contributed by atoms with E-state index in [2.05, 4.69) is 26.0 Å². The van der Waals surface area contributed by atoms with Gasteiger partial charge in [-0.3, -0.25) is 9.59 Å². The minimum absolute atomic E-state index is 0.154. The van der Waals surface area contributed by atoms with Gasteiger partial charge < -0.3 is 14.8 Å². The molecular weight excluding hydrogens is 314 g/mol. The lowest BCUT2D eigenvalue weighted by Gasteiger charge is -2.12. The molecule has 1 aromatic carbocycles. The highest BCUT2D eigenvalue weighted by molar-refractivity contribution is 9.10. The highest BCUT2D eigenvalue weighted by atomic mass is 79.9. The quantitative estimate of drug-likeness (QED) is 0.667. The Morgan fingerprint density at radius 2 is 2.26 bits per heavy atom. The number of hydrogen-bond acceptors (Lipinski definition) is 4. The van der Waals surface area contributed by atoms with Crippen LogP contribution in [0.5, 0.6) is 5.75 Å². The van der Waals surface area contributed by atoms with E-state index in [1.165, 1.54) is 7.11 Å². The maximum Gasteiger partial charge on any atom is 0.321 e. The highest BCUT2D eigenvalue weighted by Gasteiger charge is 2.30. The van der Waals surface area contributed by atoms with Crippen molar-refractivity contribution in [3.63, 3.8) is 0 Å². The van der Waals surface area contributed by atoms with Crippen molar-refractivity contribution in [2.45, 2.75) is 10.7 Å². The van der Waals surface area contributed by atoms with Gasteiger partial charge in [-0.15, -0.1) is 0 Å². The molecule has 1 aromatic rings. The maximum atomic E-state index is 12.1. The van der Waals surface area contributed by atoms with Gasteiger partial charge >= 0.3 is 5.97 Å². The lowest BCUT2D eigenvalue weighted by Crippen LogP contribution is -2.37. The summed E-state index contributed by atoms with van der Waals surface area (Å²) in [5.74, 6) is -0.152. The molecule has 1 heterocycles. The monoisotopic (exact) mass is 327 g/mol. The van der Waals surface area contributed by atoms with E-state index in [4.69, 9.17) is 4.74 Å². The lowest BCUT2D eigenvalue weighted by atomic mass is 10.0. The molecule has 0 aliphatic carbocycles. The molecule has 0 saturated carbocycles. The molecule has 1 amide bonds. The zero-order chi connectivity index (χ0) is 13.8. The predicted molar refractivity (Wildman–Crippen MR) is 72.4 cm³/mol. The summed E-state index contributed by atoms with van der Waals surface area (Å²) in [6.07, 6.45) is 0. The summed E-state index contributed by atoms with van der Waals surface area (Å²) in [6.45, 7) is 0.514. The highest BCUT2D eigenvalue weighted by Crippen LogP contribution is 2.33. The fourth-order valence-corrected chi connectivity index (χ4v) is 2.25. The molecule has 0 bridgehead atoms. The van der Waals surface area contributed by atoms with Gasteiger partial charge in [-0.05, 0) is 6.07 Å². The van der Waals surface area contributed by atoms with Crippen LogP contribution in [0.3, 0.4) is 0 Å². The second-order valence-corrected chi connectivity index (χ2v) is 5.24. The van der Waals surface area contributed by atoms with Crippen LogP contribution in [0.15, 0.2) is 24.3 Å². The molecular formula is C13H14BrNO4. The number of alkyl halides is 1. The normalized spacial score (nSPS) is 18.1. The Labute approximate surface area is 119 Å². The third-order valence-corrected chi connectivity index (χ3v) is 3.63. The summed E-state index contributed by atoms with van der Waals surface area (Å²) in [5.41, 5.74) is 0.879. The molecule has 0 spiro atoms. The summed E-state index contributed by atoms with van der Waals surface area (Å²) >= 11 is 3.15. The van der Waals surface area contributed by atoms with Crippen LogP contribution < -0.4 is 10.1 Å². The summed E-state index contributed by atoms with van der Waals surface area (Å²) in [7, 11) is 1.31. The molecule has 5 nitrogen and oxygen atoms in total. The molecule has 1 aliphatic rings. The number of carbonyl (C=O) groups excluding carboxylic acids is 2. The van der Waals surface area contributed by atoms with Crippen molar-refractivity contribution in [3.05, 3.63) is 29.8 Å². The first-order valence-electron chi connectivity index (χ1n) is 5.85. The van der Waals surface area contributed by atoms with Crippen molar-refractivity contribution in [1.82, 2.24) is 5.32 Å². The standard InChI is InChI=1S/C13H14BrNO4/c1-18-13(17)10(14)6-15-12(16)9-7-19-11-5-3-2-4-8(9)11/h2-5,9-10H,6-7H2,1H3,(H,15,16). The Morgan fingerprint density at radius 1 is 1.53 bits per heavy atom. The molecule has 2 atom stereocenters. The van der Waals surface area contributed by atoms with Gasteiger partial charge in [-0.1, -0.05) is 34.1 Å². The molecule has 19 heavy (non-hydrogen) atoms. The number of rotatable bonds is 4. The van der Waals surface area contributed by atoms with Crippen LogP contribution in [-0.4, -0.2) is 37.0 Å². The number of fused-ring (bicyclic) bond motifs is 1. The van der Waals surface area contributed by atoms with Gasteiger partial charge in [-0.2, -0.15) is 0 Å². The second kappa shape index (κ2) is 6.06. The Morgan fingerprint density at radius 3 is 3.00 bits per heavy atom. The molecule has 0 aromatic heterocycles. The number of para-hydroxylation sites is 1. The molecule has 102 valence electrons. The maximum absolute atomic E-state index is 12.1. The van der Waals surface area contributed by atoms with E-state index in [-0.39, 0.29) is 18.4 Å². The van der Waals surface area contributed by atoms with Crippen molar-refractivity contribution >= 4 is 27.8 Å². The van der Waals surface area contributed by atoms with Crippen LogP contribution in [0.2, 0.25) is 0 Å². The number of hydrogen-bond donors (Lipinski definition) is 1. The second-order valence-electron chi connectivity index (χ2n) is 4.14. The van der Waals surface area contributed by atoms with Gasteiger partial charge in [0.15, 0.2) is 0 Å². The number of nitrogens with one attached hydrogen (secondary N) is 1. The molecule has 0 fully saturated rings. The molecule has 2 rings (SSSR count). The largest absolute Gasteiger partial charge is 0.492 e. The number of halogens is 1. The van der Waals surface area contributed by atoms with E-state index in [0.717, 1.165) is 11.3 Å². The summed E-state index contributed by atoms with van der Waals surface area (Å²) < 4.78 is 10.0. The number of esters is 1. The Bertz CT molecular complexity index is 491. The minimum Gasteiger partial charge on any atom is -0.492 e. The van der Waals surface area contributed by atoms with Gasteiger partial charge in [0.1, 0.15) is 23.1 Å². The third-order valence-electron chi connectivity index (χ3n) is 2.93. The van der Waals surface area contributed by atoms with Crippen LogP contribution in [0, 0.1) is 0 Å². The Balaban J connectivity index is 1.94. The van der Waals surface area contributed by atoms with Gasteiger partial charge in [0.2, 0.25) is 5.91 Å². The van der Waals surface area contributed by atoms with Crippen molar-refractivity contribution < 1.29 is 19.1 Å². The van der Waals surface area contributed by atoms with E-state index in [1.54, 1.807) is 0 Å². The minimum atomic E-state index is -0.543. The molecule has 0 radical (unpaired) electrons. The van der Waals surface area contributed by atoms with Gasteiger partial charge in [-0.25, -0.2) is 0 Å². The summed E-state index contributed by atoms with van der Waals surface area (Å²) in [5, 5.41) is 2.71. The predicted octanol–water partition coefficient (Wildman–Crippen LogP) is 1.22. The Kier molecular flexibility index (Phi) is 4.42. The molecule has 1 N–H and O–H groups in total. The topological polar surface area (TPSA) is 64.6 Å². The smallest absolute Gasteiger partial charge is 0.321 e. The average molecular weight is 328 g/mol. The zero-order valence-electron chi connectivity index (χ0n) is 10.4. The van der Waals surface area contributed by atoms with E-state index < -0.39 is 10.8 Å². The van der Waals surface area contributed by atoms with E-state index in [9.17, 15) is 9.59 Å². The number of ether oxygens (including phenoxy) is 2. The van der Waals surface area contributed by atoms with E-state index in [0.29, 0.717) is 6.61 Å². The van der Waals surface area contributed by atoms with Crippen molar-refractivity contribution in [2.75, 3.05) is 20.3 Å². The number of carbonyl (C=O) groups is 2. The SMILES string of the molecule is COC(=O)C(Br)CNC(=O)C1COc2ccccc21. The number of benzene rings is 1. The molecule has 1 aliphatic heterocycles. The zero-order valence-corrected chi connectivity index (χ0v) is 12.0. The van der Waals surface area contributed by atoms with Crippen molar-refractivity contribution in [3.8, 4) is 5.75 Å². The lowest BCUT2D eigenvalue weighted by molar-refractivity contribution is -0.139. The van der Waals surface area contributed by atoms with Crippen molar-refractivity contribution in [1.29, 1.82) is 0 Å². The summed E-state index contributed by atoms with van der Waals surface area (Å²) in [6, 6.07) is 7.45. The molecule has 2 unspecified atom stereocenters. The first-order chi connectivity index (χ1) is 9.13. The van der Waals surface area contributed by atoms with Gasteiger partial charge in [0, 0.05) is 12.1 Å². The average Bonchev–Trinajstić information content (AvgIpc) is 2.87. The third kappa shape index (κ3) is 3.07. The van der Waals surface area contributed by atoms with Crippen LogP contribution in [0.4, 0.5) is 0 Å². The number of amides is 1. The van der Waals surface area contributed by atoms with Crippen LogP contribution in [0.1, 0.15) is 11.5 Å². The fraction of sp³-hybridized carbons (Fsp3) is 0.385. The van der Waals surface area contributed by atoms with Crippen LogP contribution in [0.25, 0.3) is 0 Å². The first-order valence-corrected chi connectivity index (χ1v) is 6.76.